The van der Waals surface area contributed by atoms with Crippen molar-refractivity contribution in [3.8, 4) is 0 Å². The molecule has 2 rings (SSSR count). The zero-order valence-corrected chi connectivity index (χ0v) is 9.72. The van der Waals surface area contributed by atoms with Gasteiger partial charge in [-0.2, -0.15) is 0 Å². The third-order valence-electron chi connectivity index (χ3n) is 2.41. The topological polar surface area (TPSA) is 71.3 Å². The van der Waals surface area contributed by atoms with Crippen LogP contribution in [-0.4, -0.2) is 23.0 Å². The van der Waals surface area contributed by atoms with E-state index >= 15 is 0 Å². The molecule has 1 fully saturated rings. The van der Waals surface area contributed by atoms with E-state index in [1.54, 1.807) is 18.3 Å². The van der Waals surface area contributed by atoms with Gasteiger partial charge in [-0.05, 0) is 18.6 Å². The first-order valence-electron chi connectivity index (χ1n) is 5.15. The highest BCUT2D eigenvalue weighted by Gasteiger charge is 2.19. The quantitative estimate of drug-likeness (QED) is 0.493. The summed E-state index contributed by atoms with van der Waals surface area (Å²) >= 11 is 5.70. The molecule has 2 heterocycles. The lowest BCUT2D eigenvalue weighted by molar-refractivity contribution is -0.403. The van der Waals surface area contributed by atoms with Crippen LogP contribution in [0.15, 0.2) is 30.4 Å². The lowest BCUT2D eigenvalue weighted by atomic mass is 10.2. The molecule has 6 nitrogen and oxygen atoms in total. The Hall–Kier alpha value is -1.82. The normalized spacial score (nSPS) is 17.9. The first-order chi connectivity index (χ1) is 8.16. The monoisotopic (exact) mass is 254 g/mol. The number of rotatable bonds is 2. The lowest BCUT2D eigenvalue weighted by Crippen LogP contribution is -2.39. The molecular weight excluding hydrogens is 244 g/mol. The van der Waals surface area contributed by atoms with Crippen molar-refractivity contribution in [2.24, 2.45) is 0 Å². The number of nitrogens with one attached hydrogen (secondary N) is 1. The molecule has 1 N–H and O–H groups in total. The van der Waals surface area contributed by atoms with Crippen LogP contribution < -0.4 is 10.2 Å². The fourth-order valence-electron chi connectivity index (χ4n) is 1.68. The van der Waals surface area contributed by atoms with Crippen LogP contribution in [0, 0.1) is 10.1 Å². The Kier molecular flexibility index (Phi) is 3.43. The molecule has 1 aromatic heterocycles. The van der Waals surface area contributed by atoms with Crippen molar-refractivity contribution in [2.45, 2.75) is 6.42 Å². The summed E-state index contributed by atoms with van der Waals surface area (Å²) in [5.41, 5.74) is 0.787. The molecule has 0 radical (unpaired) electrons. The summed E-state index contributed by atoms with van der Waals surface area (Å²) in [6, 6.07) is 3.45. The molecule has 0 unspecified atom stereocenters. The average Bonchev–Trinajstić information content (AvgIpc) is 2.30. The van der Waals surface area contributed by atoms with Crippen LogP contribution in [0.25, 0.3) is 0 Å². The van der Waals surface area contributed by atoms with Gasteiger partial charge in [0.05, 0.1) is 16.8 Å². The zero-order chi connectivity index (χ0) is 12.3. The van der Waals surface area contributed by atoms with Crippen molar-refractivity contribution in [1.82, 2.24) is 10.3 Å². The van der Waals surface area contributed by atoms with E-state index in [4.69, 9.17) is 11.6 Å². The number of nitro groups is 1. The molecular formula is C10H11ClN4O2. The Morgan fingerprint density at radius 3 is 3.06 bits per heavy atom. The summed E-state index contributed by atoms with van der Waals surface area (Å²) in [6.07, 6.45) is 3.48. The highest BCUT2D eigenvalue weighted by atomic mass is 35.5. The van der Waals surface area contributed by atoms with E-state index in [2.05, 4.69) is 10.3 Å². The SMILES string of the molecule is O=[N+]([O-])C=C1NCCCN1c1ccc(Cl)nc1. The summed E-state index contributed by atoms with van der Waals surface area (Å²) < 4.78 is 0. The highest BCUT2D eigenvalue weighted by molar-refractivity contribution is 6.29. The zero-order valence-electron chi connectivity index (χ0n) is 8.97. The van der Waals surface area contributed by atoms with Crippen molar-refractivity contribution < 1.29 is 4.92 Å². The Balaban J connectivity index is 2.27. The van der Waals surface area contributed by atoms with Crippen LogP contribution in [0.2, 0.25) is 5.15 Å². The smallest absolute Gasteiger partial charge is 0.274 e. The third-order valence-corrected chi connectivity index (χ3v) is 2.63. The Morgan fingerprint density at radius 1 is 1.59 bits per heavy atom. The second-order valence-electron chi connectivity index (χ2n) is 3.57. The van der Waals surface area contributed by atoms with E-state index in [9.17, 15) is 10.1 Å². The molecule has 0 aliphatic carbocycles. The first-order valence-corrected chi connectivity index (χ1v) is 5.53. The maximum Gasteiger partial charge on any atom is 0.274 e. The Morgan fingerprint density at radius 2 is 2.41 bits per heavy atom. The Labute approximate surface area is 103 Å². The molecule has 0 spiro atoms. The summed E-state index contributed by atoms with van der Waals surface area (Å²) in [4.78, 5) is 15.8. The van der Waals surface area contributed by atoms with Gasteiger partial charge in [0.25, 0.3) is 6.20 Å². The predicted octanol–water partition coefficient (Wildman–Crippen LogP) is 1.61. The van der Waals surface area contributed by atoms with Crippen molar-refractivity contribution in [3.63, 3.8) is 0 Å². The van der Waals surface area contributed by atoms with Gasteiger partial charge in [0.1, 0.15) is 5.15 Å². The van der Waals surface area contributed by atoms with Crippen LogP contribution >= 0.6 is 11.6 Å². The van der Waals surface area contributed by atoms with Gasteiger partial charge < -0.3 is 10.2 Å². The Bertz CT molecular complexity index is 446. The summed E-state index contributed by atoms with van der Waals surface area (Å²) in [5, 5.41) is 13.9. The lowest BCUT2D eigenvalue weighted by Gasteiger charge is -2.30. The minimum atomic E-state index is -0.468. The van der Waals surface area contributed by atoms with Crippen LogP contribution in [0.5, 0.6) is 0 Å². The van der Waals surface area contributed by atoms with Crippen molar-refractivity contribution in [1.29, 1.82) is 0 Å². The predicted molar refractivity (Wildman–Crippen MR) is 64.3 cm³/mol. The minimum absolute atomic E-state index is 0.401. The number of hydrogen-bond donors (Lipinski definition) is 1. The molecule has 1 aliphatic rings. The second kappa shape index (κ2) is 5.01. The van der Waals surface area contributed by atoms with Gasteiger partial charge in [-0.1, -0.05) is 11.6 Å². The molecule has 17 heavy (non-hydrogen) atoms. The first kappa shape index (κ1) is 11.7. The average molecular weight is 255 g/mol. The van der Waals surface area contributed by atoms with Crippen LogP contribution in [-0.2, 0) is 0 Å². The standard InChI is InChI=1S/C10H11ClN4O2/c11-9-3-2-8(6-13-9)14-5-1-4-12-10(14)7-15(16)17/h2-3,6-7,12H,1,4-5H2. The van der Waals surface area contributed by atoms with Crippen LogP contribution in [0.3, 0.4) is 0 Å². The maximum absolute atomic E-state index is 10.5. The number of hydrogen-bond acceptors (Lipinski definition) is 5. The van der Waals surface area contributed by atoms with Gasteiger partial charge in [0.2, 0.25) is 0 Å². The number of aromatic nitrogens is 1. The molecule has 1 aliphatic heterocycles. The highest BCUT2D eigenvalue weighted by Crippen LogP contribution is 2.21. The van der Waals surface area contributed by atoms with Crippen LogP contribution in [0.4, 0.5) is 5.69 Å². The summed E-state index contributed by atoms with van der Waals surface area (Å²) in [5.74, 6) is 0.477. The largest absolute Gasteiger partial charge is 0.366 e. The molecule has 1 saturated heterocycles. The van der Waals surface area contributed by atoms with Crippen molar-refractivity contribution in [3.05, 3.63) is 45.6 Å². The third kappa shape index (κ3) is 2.85. The van der Waals surface area contributed by atoms with Gasteiger partial charge in [-0.3, -0.25) is 10.1 Å². The van der Waals surface area contributed by atoms with Gasteiger partial charge in [0.15, 0.2) is 5.82 Å². The number of halogens is 1. The molecule has 0 saturated carbocycles. The molecule has 1 aromatic rings. The summed E-state index contributed by atoms with van der Waals surface area (Å²) in [7, 11) is 0. The van der Waals surface area contributed by atoms with E-state index in [0.29, 0.717) is 11.0 Å². The fourth-order valence-corrected chi connectivity index (χ4v) is 1.79. The molecule has 7 heteroatoms. The van der Waals surface area contributed by atoms with Gasteiger partial charge >= 0.3 is 0 Å². The van der Waals surface area contributed by atoms with Crippen molar-refractivity contribution in [2.75, 3.05) is 18.0 Å². The maximum atomic E-state index is 10.5. The fraction of sp³-hybridized carbons (Fsp3) is 0.300. The van der Waals surface area contributed by atoms with Crippen LogP contribution in [0.1, 0.15) is 6.42 Å². The van der Waals surface area contributed by atoms with Gasteiger partial charge in [-0.25, -0.2) is 4.98 Å². The van der Waals surface area contributed by atoms with E-state index in [1.165, 1.54) is 0 Å². The van der Waals surface area contributed by atoms with Gasteiger partial charge in [-0.15, -0.1) is 0 Å². The minimum Gasteiger partial charge on any atom is -0.366 e. The van der Waals surface area contributed by atoms with Gasteiger partial charge in [0, 0.05) is 13.1 Å². The number of nitrogens with zero attached hydrogens (tertiary/aromatic N) is 3. The van der Waals surface area contributed by atoms with E-state index in [1.807, 2.05) is 4.90 Å². The number of anilines is 1. The van der Waals surface area contributed by atoms with Crippen molar-refractivity contribution >= 4 is 17.3 Å². The number of pyridine rings is 1. The molecule has 0 bridgehead atoms. The van der Waals surface area contributed by atoms with E-state index < -0.39 is 4.92 Å². The molecule has 0 aromatic carbocycles. The summed E-state index contributed by atoms with van der Waals surface area (Å²) in [6.45, 7) is 1.45. The van der Waals surface area contributed by atoms with E-state index in [0.717, 1.165) is 31.4 Å². The molecule has 0 amide bonds. The molecule has 0 atom stereocenters. The second-order valence-corrected chi connectivity index (χ2v) is 3.96. The van der Waals surface area contributed by atoms with E-state index in [-0.39, 0.29) is 0 Å². The molecule has 90 valence electrons.